The Labute approximate surface area is 200 Å². The van der Waals surface area contributed by atoms with Gasteiger partial charge < -0.3 is 25.0 Å². The van der Waals surface area contributed by atoms with Gasteiger partial charge in [0, 0.05) is 42.6 Å². The van der Waals surface area contributed by atoms with E-state index >= 15 is 0 Å². The van der Waals surface area contributed by atoms with Gasteiger partial charge in [-0.05, 0) is 49.2 Å². The van der Waals surface area contributed by atoms with Crippen molar-refractivity contribution in [2.75, 3.05) is 43.5 Å². The summed E-state index contributed by atoms with van der Waals surface area (Å²) in [6.07, 6.45) is -5.38. The van der Waals surface area contributed by atoms with Crippen molar-refractivity contribution < 1.29 is 27.8 Å². The number of nitrogens with zero attached hydrogens (tertiary/aromatic N) is 4. The summed E-state index contributed by atoms with van der Waals surface area (Å²) in [7, 11) is 1.49. The number of fused-ring (bicyclic) bond motifs is 1. The normalized spacial score (nSPS) is 15.3. The highest BCUT2D eigenvalue weighted by Crippen LogP contribution is 2.37. The highest BCUT2D eigenvalue weighted by molar-refractivity contribution is 5.97. The molecule has 0 saturated carbocycles. The van der Waals surface area contributed by atoms with Gasteiger partial charge in [0.25, 0.3) is 0 Å². The van der Waals surface area contributed by atoms with Crippen LogP contribution in [-0.2, 0) is 6.18 Å². The number of amides is 1. The number of benzene rings is 2. The van der Waals surface area contributed by atoms with E-state index < -0.39 is 23.9 Å². The molecular formula is C24H26F3N5O3. The summed E-state index contributed by atoms with van der Waals surface area (Å²) in [6.45, 7) is 5.09. The molecule has 1 saturated heterocycles. The monoisotopic (exact) mass is 489 g/mol. The number of ether oxygens (including phenoxy) is 1. The lowest BCUT2D eigenvalue weighted by Crippen LogP contribution is -2.48. The van der Waals surface area contributed by atoms with Crippen LogP contribution in [0.1, 0.15) is 29.7 Å². The molecule has 1 fully saturated rings. The number of hydrogen-bond acceptors (Lipinski definition) is 6. The van der Waals surface area contributed by atoms with Gasteiger partial charge in [-0.25, -0.2) is 4.79 Å². The third kappa shape index (κ3) is 4.89. The van der Waals surface area contributed by atoms with Crippen LogP contribution < -0.4 is 15.0 Å². The van der Waals surface area contributed by atoms with Crippen LogP contribution in [-0.4, -0.2) is 59.6 Å². The Balaban J connectivity index is 1.68. The molecule has 1 amide bonds. The molecule has 0 aliphatic carbocycles. The number of methoxy groups -OCH3 is 1. The maximum Gasteiger partial charge on any atom is 0.416 e. The van der Waals surface area contributed by atoms with Crippen LogP contribution in [0.15, 0.2) is 36.4 Å². The number of rotatable bonds is 5. The van der Waals surface area contributed by atoms with E-state index in [4.69, 9.17) is 4.74 Å². The summed E-state index contributed by atoms with van der Waals surface area (Å²) in [5, 5.41) is 22.2. The molecular weight excluding hydrogens is 463 g/mol. The zero-order valence-corrected chi connectivity index (χ0v) is 19.6. The van der Waals surface area contributed by atoms with Gasteiger partial charge in [0.2, 0.25) is 5.88 Å². The van der Waals surface area contributed by atoms with E-state index in [1.54, 1.807) is 13.0 Å². The van der Waals surface area contributed by atoms with Crippen molar-refractivity contribution in [1.82, 2.24) is 15.1 Å². The van der Waals surface area contributed by atoms with Crippen molar-refractivity contribution in [3.63, 3.8) is 0 Å². The molecule has 2 aromatic carbocycles. The highest BCUT2D eigenvalue weighted by Gasteiger charge is 2.33. The fraction of sp³-hybridized carbons (Fsp3) is 0.375. The molecule has 0 bridgehead atoms. The number of carboxylic acid groups (broad SMARTS) is 1. The molecule has 2 N–H and O–H groups in total. The van der Waals surface area contributed by atoms with E-state index in [1.165, 1.54) is 25.0 Å². The SMILES string of the molecule is COc1nnc(NC(C)c2cccc(C(F)(F)F)c2C)c2cc(N3CCN(C(=O)O)CC3)ccc12. The molecule has 1 atom stereocenters. The summed E-state index contributed by atoms with van der Waals surface area (Å²) in [5.74, 6) is 0.742. The van der Waals surface area contributed by atoms with Gasteiger partial charge in [-0.15, -0.1) is 10.2 Å². The Morgan fingerprint density at radius 2 is 1.83 bits per heavy atom. The van der Waals surface area contributed by atoms with E-state index in [2.05, 4.69) is 20.4 Å². The highest BCUT2D eigenvalue weighted by atomic mass is 19.4. The summed E-state index contributed by atoms with van der Waals surface area (Å²) in [5.41, 5.74) is 0.870. The topological polar surface area (TPSA) is 90.8 Å². The number of nitrogens with one attached hydrogen (secondary N) is 1. The van der Waals surface area contributed by atoms with Crippen molar-refractivity contribution in [3.05, 3.63) is 53.1 Å². The molecule has 1 aromatic heterocycles. The van der Waals surface area contributed by atoms with Crippen LogP contribution in [0.5, 0.6) is 5.88 Å². The first-order valence-electron chi connectivity index (χ1n) is 11.1. The second-order valence-electron chi connectivity index (χ2n) is 8.43. The predicted molar refractivity (Wildman–Crippen MR) is 126 cm³/mol. The lowest BCUT2D eigenvalue weighted by atomic mass is 9.97. The molecule has 0 radical (unpaired) electrons. The van der Waals surface area contributed by atoms with E-state index in [1.807, 2.05) is 18.2 Å². The minimum Gasteiger partial charge on any atom is -0.479 e. The Kier molecular flexibility index (Phi) is 6.60. The third-order valence-corrected chi connectivity index (χ3v) is 6.34. The Hall–Kier alpha value is -3.76. The number of piperazine rings is 1. The van der Waals surface area contributed by atoms with Crippen LogP contribution in [0.2, 0.25) is 0 Å². The molecule has 186 valence electrons. The zero-order valence-electron chi connectivity index (χ0n) is 19.6. The van der Waals surface area contributed by atoms with Crippen molar-refractivity contribution >= 4 is 28.4 Å². The standard InChI is InChI=1S/C24H26F3N5O3/c1-14-17(5-4-6-20(14)24(25,26)27)15(2)28-21-19-13-16(7-8-18(19)22(35-3)30-29-21)31-9-11-32(12-10-31)23(33)34/h4-8,13,15H,9-12H2,1-3H3,(H,28,29)(H,33,34). The molecule has 3 aromatic rings. The quantitative estimate of drug-likeness (QED) is 0.525. The number of halogens is 3. The first-order valence-corrected chi connectivity index (χ1v) is 11.1. The smallest absolute Gasteiger partial charge is 0.416 e. The van der Waals surface area contributed by atoms with E-state index in [9.17, 15) is 23.1 Å². The van der Waals surface area contributed by atoms with Crippen molar-refractivity contribution in [2.24, 2.45) is 0 Å². The predicted octanol–water partition coefficient (Wildman–Crippen LogP) is 4.94. The van der Waals surface area contributed by atoms with Crippen LogP contribution in [0.4, 0.5) is 29.5 Å². The Morgan fingerprint density at radius 1 is 1.11 bits per heavy atom. The number of carbonyl (C=O) groups is 1. The van der Waals surface area contributed by atoms with Gasteiger partial charge in [0.05, 0.1) is 18.7 Å². The lowest BCUT2D eigenvalue weighted by molar-refractivity contribution is -0.138. The Morgan fingerprint density at radius 3 is 2.46 bits per heavy atom. The van der Waals surface area contributed by atoms with Crippen molar-refractivity contribution in [3.8, 4) is 5.88 Å². The maximum absolute atomic E-state index is 13.4. The summed E-state index contributed by atoms with van der Waals surface area (Å²) in [4.78, 5) is 14.7. The number of alkyl halides is 3. The van der Waals surface area contributed by atoms with Gasteiger partial charge in [0.1, 0.15) is 0 Å². The minimum absolute atomic E-state index is 0.155. The van der Waals surface area contributed by atoms with Crippen LogP contribution in [0.3, 0.4) is 0 Å². The molecule has 4 rings (SSSR count). The maximum atomic E-state index is 13.4. The van der Waals surface area contributed by atoms with Gasteiger partial charge in [-0.2, -0.15) is 13.2 Å². The van der Waals surface area contributed by atoms with Gasteiger partial charge in [-0.1, -0.05) is 12.1 Å². The molecule has 11 heteroatoms. The second kappa shape index (κ2) is 9.47. The number of anilines is 2. The number of hydrogen-bond donors (Lipinski definition) is 2. The van der Waals surface area contributed by atoms with E-state index in [0.29, 0.717) is 54.2 Å². The van der Waals surface area contributed by atoms with Gasteiger partial charge in [0.15, 0.2) is 5.82 Å². The van der Waals surface area contributed by atoms with E-state index in [0.717, 1.165) is 11.8 Å². The van der Waals surface area contributed by atoms with Gasteiger partial charge >= 0.3 is 12.3 Å². The fourth-order valence-electron chi connectivity index (χ4n) is 4.44. The molecule has 8 nitrogen and oxygen atoms in total. The molecule has 1 unspecified atom stereocenters. The van der Waals surface area contributed by atoms with Gasteiger partial charge in [-0.3, -0.25) is 0 Å². The lowest BCUT2D eigenvalue weighted by Gasteiger charge is -2.34. The van der Waals surface area contributed by atoms with Crippen LogP contribution in [0, 0.1) is 6.92 Å². The average Bonchev–Trinajstić information content (AvgIpc) is 2.83. The Bertz CT molecular complexity index is 1240. The first-order chi connectivity index (χ1) is 16.6. The summed E-state index contributed by atoms with van der Waals surface area (Å²) in [6, 6.07) is 9.33. The summed E-state index contributed by atoms with van der Waals surface area (Å²) >= 11 is 0. The third-order valence-electron chi connectivity index (χ3n) is 6.34. The van der Waals surface area contributed by atoms with Crippen molar-refractivity contribution in [2.45, 2.75) is 26.1 Å². The molecule has 1 aliphatic heterocycles. The molecule has 1 aliphatic rings. The fourth-order valence-corrected chi connectivity index (χ4v) is 4.44. The van der Waals surface area contributed by atoms with Crippen LogP contribution in [0.25, 0.3) is 10.8 Å². The minimum atomic E-state index is -4.44. The second-order valence-corrected chi connectivity index (χ2v) is 8.43. The zero-order chi connectivity index (χ0) is 25.3. The van der Waals surface area contributed by atoms with E-state index in [-0.39, 0.29) is 5.56 Å². The van der Waals surface area contributed by atoms with Crippen molar-refractivity contribution in [1.29, 1.82) is 0 Å². The van der Waals surface area contributed by atoms with Crippen LogP contribution >= 0.6 is 0 Å². The average molecular weight is 489 g/mol. The summed E-state index contributed by atoms with van der Waals surface area (Å²) < 4.78 is 45.6. The number of aromatic nitrogens is 2. The molecule has 0 spiro atoms. The molecule has 2 heterocycles. The molecule has 35 heavy (non-hydrogen) atoms. The first kappa shape index (κ1) is 24.4. The largest absolute Gasteiger partial charge is 0.479 e.